The molecular formula is C23H25ClN2O4S. The molecule has 0 saturated heterocycles. The molecule has 1 amide bonds. The zero-order valence-electron chi connectivity index (χ0n) is 17.8. The molecule has 1 aromatic heterocycles. The third kappa shape index (κ3) is 5.18. The Morgan fingerprint density at radius 3 is 2.32 bits per heavy atom. The van der Waals surface area contributed by atoms with E-state index >= 15 is 0 Å². The smallest absolute Gasteiger partial charge is 0.257 e. The normalized spacial score (nSPS) is 12.6. The Morgan fingerprint density at radius 2 is 1.77 bits per heavy atom. The van der Waals surface area contributed by atoms with Gasteiger partial charge < -0.3 is 15.0 Å². The number of hydrogen-bond donors (Lipinski definition) is 2. The molecule has 0 spiro atoms. The maximum atomic E-state index is 13.0. The first-order valence-electron chi connectivity index (χ1n) is 9.74. The number of nitrogens with zero attached hydrogens (tertiary/aromatic N) is 1. The van der Waals surface area contributed by atoms with E-state index in [1.54, 1.807) is 25.1 Å². The highest BCUT2D eigenvalue weighted by Gasteiger charge is 2.21. The van der Waals surface area contributed by atoms with Gasteiger partial charge in [-0.1, -0.05) is 17.7 Å². The summed E-state index contributed by atoms with van der Waals surface area (Å²) in [6.45, 7) is 5.46. The summed E-state index contributed by atoms with van der Waals surface area (Å²) in [7, 11) is -3.31. The maximum absolute atomic E-state index is 13.0. The van der Waals surface area contributed by atoms with Crippen molar-refractivity contribution in [2.45, 2.75) is 38.2 Å². The number of benzene rings is 2. The average Bonchev–Trinajstić information content (AvgIpc) is 2.97. The molecule has 31 heavy (non-hydrogen) atoms. The number of aromatic nitrogens is 1. The number of nitrogens with one attached hydrogen (secondary N) is 1. The summed E-state index contributed by atoms with van der Waals surface area (Å²) in [5.41, 5.74) is 4.13. The van der Waals surface area contributed by atoms with Crippen LogP contribution in [0.5, 0.6) is 0 Å². The van der Waals surface area contributed by atoms with Crippen LogP contribution in [0.15, 0.2) is 53.4 Å². The van der Waals surface area contributed by atoms with E-state index in [-0.39, 0.29) is 10.8 Å². The molecule has 1 heterocycles. The fourth-order valence-electron chi connectivity index (χ4n) is 3.47. The van der Waals surface area contributed by atoms with Gasteiger partial charge in [-0.25, -0.2) is 8.42 Å². The number of carbonyl (C=O) groups excluding carboxylic acids is 1. The fraction of sp³-hybridized carbons (Fsp3) is 0.261. The summed E-state index contributed by atoms with van der Waals surface area (Å²) in [6.07, 6.45) is 0.880. The van der Waals surface area contributed by atoms with Crippen molar-refractivity contribution < 1.29 is 18.3 Å². The van der Waals surface area contributed by atoms with Crippen molar-refractivity contribution in [3.8, 4) is 5.69 Å². The van der Waals surface area contributed by atoms with Gasteiger partial charge in [-0.3, -0.25) is 4.79 Å². The summed E-state index contributed by atoms with van der Waals surface area (Å²) in [5.74, 6) is -0.335. The summed E-state index contributed by atoms with van der Waals surface area (Å²) >= 11 is 6.48. The Bertz CT molecular complexity index is 1230. The van der Waals surface area contributed by atoms with E-state index in [1.165, 1.54) is 12.1 Å². The minimum atomic E-state index is -3.31. The van der Waals surface area contributed by atoms with E-state index in [1.807, 2.05) is 36.6 Å². The number of halogens is 1. The summed E-state index contributed by atoms with van der Waals surface area (Å²) < 4.78 is 25.1. The highest BCUT2D eigenvalue weighted by atomic mass is 35.5. The minimum Gasteiger partial charge on any atom is -0.393 e. The number of carbonyl (C=O) groups is 1. The predicted octanol–water partition coefficient (Wildman–Crippen LogP) is 4.33. The van der Waals surface area contributed by atoms with Crippen molar-refractivity contribution in [3.05, 3.63) is 76.1 Å². The van der Waals surface area contributed by atoms with E-state index < -0.39 is 15.9 Å². The van der Waals surface area contributed by atoms with Crippen molar-refractivity contribution in [2.75, 3.05) is 11.6 Å². The Hall–Kier alpha value is -2.61. The van der Waals surface area contributed by atoms with E-state index in [0.717, 1.165) is 23.2 Å². The number of amides is 1. The second kappa shape index (κ2) is 8.86. The topological polar surface area (TPSA) is 88.4 Å². The molecule has 6 nitrogen and oxygen atoms in total. The molecule has 0 bridgehead atoms. The van der Waals surface area contributed by atoms with Crippen molar-refractivity contribution in [3.63, 3.8) is 0 Å². The molecule has 3 rings (SSSR count). The van der Waals surface area contributed by atoms with Gasteiger partial charge in [0.05, 0.1) is 27.3 Å². The molecule has 164 valence electrons. The lowest BCUT2D eigenvalue weighted by molar-refractivity contribution is 0.102. The Kier molecular flexibility index (Phi) is 6.59. The summed E-state index contributed by atoms with van der Waals surface area (Å²) in [4.78, 5) is 13.2. The van der Waals surface area contributed by atoms with E-state index in [4.69, 9.17) is 11.6 Å². The SMILES string of the molecule is Cc1ccc(-n2c(C[C@H](C)O)cc(C(=O)Nc3ccc(S(C)(=O)=O)cc3)c2C)c(Cl)c1. The number of aryl methyl sites for hydroxylation is 1. The highest BCUT2D eigenvalue weighted by Crippen LogP contribution is 2.29. The quantitative estimate of drug-likeness (QED) is 0.573. The van der Waals surface area contributed by atoms with Gasteiger partial charge in [0, 0.05) is 29.8 Å². The lowest BCUT2D eigenvalue weighted by atomic mass is 10.2. The summed E-state index contributed by atoms with van der Waals surface area (Å²) in [6, 6.07) is 13.4. The zero-order chi connectivity index (χ0) is 22.9. The fourth-order valence-corrected chi connectivity index (χ4v) is 4.42. The molecule has 1 atom stereocenters. The third-order valence-corrected chi connectivity index (χ3v) is 6.39. The van der Waals surface area contributed by atoms with Crippen LogP contribution in [0, 0.1) is 13.8 Å². The van der Waals surface area contributed by atoms with Gasteiger partial charge in [0.1, 0.15) is 0 Å². The molecular weight excluding hydrogens is 436 g/mol. The number of anilines is 1. The standard InChI is InChI=1S/C23H25ClN2O4S/c1-14-5-10-22(21(24)11-14)26-16(3)20(13-18(26)12-15(2)27)23(28)25-17-6-8-19(9-7-17)31(4,29)30/h5-11,13,15,27H,12H2,1-4H3,(H,25,28)/t15-/m0/s1. The van der Waals surface area contributed by atoms with Gasteiger partial charge in [-0.2, -0.15) is 0 Å². The van der Waals surface area contributed by atoms with Gasteiger partial charge in [-0.15, -0.1) is 0 Å². The van der Waals surface area contributed by atoms with Crippen molar-refractivity contribution in [1.29, 1.82) is 0 Å². The molecule has 0 aliphatic heterocycles. The first kappa shape index (κ1) is 23.1. The number of sulfone groups is 1. The third-order valence-electron chi connectivity index (χ3n) is 4.96. The van der Waals surface area contributed by atoms with Crippen molar-refractivity contribution >= 4 is 33.0 Å². The van der Waals surface area contributed by atoms with Crippen LogP contribution >= 0.6 is 11.6 Å². The molecule has 0 radical (unpaired) electrons. The second-order valence-electron chi connectivity index (χ2n) is 7.73. The van der Waals surface area contributed by atoms with Crippen LogP contribution in [0.2, 0.25) is 5.02 Å². The number of hydrogen-bond acceptors (Lipinski definition) is 4. The van der Waals surface area contributed by atoms with Crippen LogP contribution in [0.1, 0.15) is 34.2 Å². The van der Waals surface area contributed by atoms with Gasteiger partial charge >= 0.3 is 0 Å². The number of aliphatic hydroxyl groups excluding tert-OH is 1. The number of rotatable bonds is 6. The monoisotopic (exact) mass is 460 g/mol. The van der Waals surface area contributed by atoms with E-state index in [9.17, 15) is 18.3 Å². The van der Waals surface area contributed by atoms with Crippen molar-refractivity contribution in [1.82, 2.24) is 4.57 Å². The van der Waals surface area contributed by atoms with Crippen LogP contribution in [0.3, 0.4) is 0 Å². The molecule has 0 fully saturated rings. The molecule has 0 unspecified atom stereocenters. The van der Waals surface area contributed by atoms with Gasteiger partial charge in [0.15, 0.2) is 9.84 Å². The highest BCUT2D eigenvalue weighted by molar-refractivity contribution is 7.90. The molecule has 0 aliphatic rings. The predicted molar refractivity (Wildman–Crippen MR) is 123 cm³/mol. The van der Waals surface area contributed by atoms with Crippen LogP contribution in [0.25, 0.3) is 5.69 Å². The Balaban J connectivity index is 1.99. The molecule has 2 N–H and O–H groups in total. The lowest BCUT2D eigenvalue weighted by Gasteiger charge is -2.15. The van der Waals surface area contributed by atoms with Crippen LogP contribution in [-0.4, -0.2) is 36.4 Å². The molecule has 2 aromatic carbocycles. The molecule has 0 saturated carbocycles. The average molecular weight is 461 g/mol. The van der Waals surface area contributed by atoms with Gasteiger partial charge in [0.25, 0.3) is 5.91 Å². The number of aliphatic hydroxyl groups is 1. The van der Waals surface area contributed by atoms with Gasteiger partial charge in [0.2, 0.25) is 0 Å². The van der Waals surface area contributed by atoms with Crippen LogP contribution in [0.4, 0.5) is 5.69 Å². The zero-order valence-corrected chi connectivity index (χ0v) is 19.4. The Labute approximate surface area is 187 Å². The first-order valence-corrected chi connectivity index (χ1v) is 12.0. The largest absolute Gasteiger partial charge is 0.393 e. The lowest BCUT2D eigenvalue weighted by Crippen LogP contribution is -2.13. The molecule has 8 heteroatoms. The molecule has 3 aromatic rings. The van der Waals surface area contributed by atoms with Crippen LogP contribution < -0.4 is 5.32 Å². The van der Waals surface area contributed by atoms with Gasteiger partial charge in [-0.05, 0) is 68.8 Å². The first-order chi connectivity index (χ1) is 14.5. The maximum Gasteiger partial charge on any atom is 0.257 e. The molecule has 0 aliphatic carbocycles. The summed E-state index contributed by atoms with van der Waals surface area (Å²) in [5, 5.41) is 13.3. The van der Waals surface area contributed by atoms with E-state index in [2.05, 4.69) is 5.32 Å². The Morgan fingerprint density at radius 1 is 1.13 bits per heavy atom. The second-order valence-corrected chi connectivity index (χ2v) is 10.2. The van der Waals surface area contributed by atoms with Crippen molar-refractivity contribution in [2.24, 2.45) is 0 Å². The van der Waals surface area contributed by atoms with E-state index in [0.29, 0.717) is 28.4 Å². The minimum absolute atomic E-state index is 0.182. The van der Waals surface area contributed by atoms with Crippen LogP contribution in [-0.2, 0) is 16.3 Å².